The average Bonchev–Trinajstić information content (AvgIpc) is 2.79. The molecule has 1 amide bonds. The molecule has 0 aliphatic heterocycles. The second-order valence-corrected chi connectivity index (χ2v) is 8.23. The van der Waals surface area contributed by atoms with Crippen LogP contribution in [-0.2, 0) is 4.79 Å². The SMILES string of the molecule is C=CC.CCC.CSCC(=O)Nc1ccc(-c2c3ccccc3cc3ccccc23)cc1.[HH]. The molecule has 0 saturated carbocycles. The van der Waals surface area contributed by atoms with Crippen LogP contribution >= 0.6 is 11.8 Å². The van der Waals surface area contributed by atoms with Gasteiger partial charge in [-0.3, -0.25) is 4.79 Å². The molecule has 1 N–H and O–H groups in total. The van der Waals surface area contributed by atoms with Crippen LogP contribution in [0.3, 0.4) is 0 Å². The molecule has 0 atom stereocenters. The van der Waals surface area contributed by atoms with Gasteiger partial charge in [0, 0.05) is 7.11 Å². The third-order valence-corrected chi connectivity index (χ3v) is 5.05. The fourth-order valence-electron chi connectivity index (χ4n) is 3.37. The van der Waals surface area contributed by atoms with Crippen molar-refractivity contribution < 1.29 is 6.22 Å². The molecule has 0 aliphatic carbocycles. The highest BCUT2D eigenvalue weighted by Crippen LogP contribution is 2.36. The molecule has 0 saturated heterocycles. The summed E-state index contributed by atoms with van der Waals surface area (Å²) in [4.78, 5) is 11.8. The van der Waals surface area contributed by atoms with Gasteiger partial charge in [-0.2, -0.15) is 11.8 Å². The number of benzene rings is 4. The van der Waals surface area contributed by atoms with Gasteiger partial charge in [0.1, 0.15) is 0 Å². The molecule has 0 fully saturated rings. The van der Waals surface area contributed by atoms with Gasteiger partial charge in [0.05, 0.1) is 5.75 Å². The van der Waals surface area contributed by atoms with E-state index >= 15 is 0 Å². The fourth-order valence-corrected chi connectivity index (χ4v) is 3.71. The molecule has 4 aromatic carbocycles. The van der Waals surface area contributed by atoms with Crippen LogP contribution < -0.4 is 5.32 Å². The van der Waals surface area contributed by atoms with E-state index in [0.29, 0.717) is 5.75 Å². The predicted molar refractivity (Wildman–Crippen MR) is 148 cm³/mol. The zero-order valence-electron chi connectivity index (χ0n) is 19.5. The van der Waals surface area contributed by atoms with E-state index in [-0.39, 0.29) is 7.33 Å². The van der Waals surface area contributed by atoms with Crippen molar-refractivity contribution in [3.05, 3.63) is 91.5 Å². The summed E-state index contributed by atoms with van der Waals surface area (Å²) >= 11 is 1.52. The number of rotatable bonds is 4. The van der Waals surface area contributed by atoms with E-state index in [1.807, 2.05) is 25.3 Å². The Morgan fingerprint density at radius 3 is 1.88 bits per heavy atom. The number of hydrogen-bond acceptors (Lipinski definition) is 2. The summed E-state index contributed by atoms with van der Waals surface area (Å²) in [6, 6.07) is 27.3. The second-order valence-electron chi connectivity index (χ2n) is 7.37. The smallest absolute Gasteiger partial charge is 0.234 e. The fraction of sp³-hybridized carbons (Fsp3) is 0.207. The van der Waals surface area contributed by atoms with Gasteiger partial charge < -0.3 is 5.32 Å². The van der Waals surface area contributed by atoms with Gasteiger partial charge in [0.15, 0.2) is 0 Å². The number of carbonyl (C=O) groups excluding carboxylic acids is 1. The lowest BCUT2D eigenvalue weighted by Crippen LogP contribution is -2.13. The van der Waals surface area contributed by atoms with Crippen LogP contribution in [0.1, 0.15) is 28.6 Å². The van der Waals surface area contributed by atoms with E-state index in [2.05, 4.69) is 92.5 Å². The number of allylic oxidation sites excluding steroid dienone is 1. The number of thioether (sulfide) groups is 1. The molecule has 0 heterocycles. The van der Waals surface area contributed by atoms with Gasteiger partial charge >= 0.3 is 0 Å². The molecule has 4 aromatic rings. The first kappa shape index (κ1) is 25.2. The van der Waals surface area contributed by atoms with Crippen molar-refractivity contribution in [3.63, 3.8) is 0 Å². The Morgan fingerprint density at radius 2 is 1.41 bits per heavy atom. The first-order valence-electron chi connectivity index (χ1n) is 11.0. The van der Waals surface area contributed by atoms with Gasteiger partial charge in [-0.05, 0) is 64.1 Å². The van der Waals surface area contributed by atoms with Crippen molar-refractivity contribution >= 4 is 44.9 Å². The summed E-state index contributed by atoms with van der Waals surface area (Å²) in [5.74, 6) is 0.497. The summed E-state index contributed by atoms with van der Waals surface area (Å²) in [6.45, 7) is 9.50. The first-order valence-corrected chi connectivity index (χ1v) is 12.4. The van der Waals surface area contributed by atoms with Crippen LogP contribution in [0.25, 0.3) is 32.7 Å². The normalized spacial score (nSPS) is 9.88. The van der Waals surface area contributed by atoms with Gasteiger partial charge in [-0.25, -0.2) is 0 Å². The molecule has 0 bridgehead atoms. The number of carbonyl (C=O) groups is 1. The van der Waals surface area contributed by atoms with Crippen molar-refractivity contribution in [2.24, 2.45) is 0 Å². The van der Waals surface area contributed by atoms with Gasteiger partial charge in [0.2, 0.25) is 5.91 Å². The Labute approximate surface area is 198 Å². The van der Waals surface area contributed by atoms with Crippen LogP contribution in [0.4, 0.5) is 5.69 Å². The van der Waals surface area contributed by atoms with Crippen molar-refractivity contribution in [1.29, 1.82) is 0 Å². The summed E-state index contributed by atoms with van der Waals surface area (Å²) in [5.41, 5.74) is 3.22. The molecule has 0 aliphatic rings. The van der Waals surface area contributed by atoms with Gasteiger partial charge in [-0.15, -0.1) is 6.58 Å². The quantitative estimate of drug-likeness (QED) is 0.251. The Morgan fingerprint density at radius 1 is 0.938 bits per heavy atom. The van der Waals surface area contributed by atoms with E-state index < -0.39 is 0 Å². The Balaban J connectivity index is 0.000000706. The van der Waals surface area contributed by atoms with Crippen molar-refractivity contribution in [2.45, 2.75) is 27.2 Å². The monoisotopic (exact) mass is 445 g/mol. The molecule has 168 valence electrons. The van der Waals surface area contributed by atoms with E-state index in [1.54, 1.807) is 6.08 Å². The number of anilines is 1. The molecule has 4 rings (SSSR count). The zero-order valence-corrected chi connectivity index (χ0v) is 20.3. The number of fused-ring (bicyclic) bond motifs is 2. The Bertz CT molecular complexity index is 1100. The Kier molecular flexibility index (Phi) is 10.6. The number of nitrogens with one attached hydrogen (secondary N) is 1. The van der Waals surface area contributed by atoms with Gasteiger partial charge in [-0.1, -0.05) is 87.0 Å². The zero-order chi connectivity index (χ0) is 23.3. The maximum atomic E-state index is 11.8. The molecule has 2 nitrogen and oxygen atoms in total. The molecule has 0 unspecified atom stereocenters. The third kappa shape index (κ3) is 6.73. The summed E-state index contributed by atoms with van der Waals surface area (Å²) in [5, 5.41) is 7.89. The number of hydrogen-bond donors (Lipinski definition) is 1. The summed E-state index contributed by atoms with van der Waals surface area (Å²) in [6.07, 6.45) is 4.92. The second kappa shape index (κ2) is 13.4. The molecule has 0 aromatic heterocycles. The maximum absolute atomic E-state index is 11.8. The van der Waals surface area contributed by atoms with Gasteiger partial charge in [0.25, 0.3) is 0 Å². The molecule has 32 heavy (non-hydrogen) atoms. The minimum atomic E-state index is 0. The molecular formula is C29H35NOS. The lowest BCUT2D eigenvalue weighted by molar-refractivity contribution is -0.113. The molecule has 0 radical (unpaired) electrons. The highest BCUT2D eigenvalue weighted by molar-refractivity contribution is 7.99. The van der Waals surface area contributed by atoms with Crippen molar-refractivity contribution in [1.82, 2.24) is 0 Å². The Hall–Kier alpha value is -3.04. The third-order valence-electron chi connectivity index (χ3n) is 4.50. The van der Waals surface area contributed by atoms with E-state index in [4.69, 9.17) is 0 Å². The lowest BCUT2D eigenvalue weighted by atomic mass is 9.92. The summed E-state index contributed by atoms with van der Waals surface area (Å²) in [7, 11) is 0. The first-order chi connectivity index (χ1) is 15.6. The minimum absolute atomic E-state index is 0. The number of amides is 1. The highest BCUT2D eigenvalue weighted by atomic mass is 32.2. The van der Waals surface area contributed by atoms with Crippen molar-refractivity contribution in [2.75, 3.05) is 17.3 Å². The molecule has 0 spiro atoms. The van der Waals surface area contributed by atoms with Crippen LogP contribution in [0.2, 0.25) is 0 Å². The molecular weight excluding hydrogens is 410 g/mol. The standard InChI is InChI=1S/C23H19NOS.C3H8.C3H6.H2/c1-26-15-22(25)24-19-12-10-16(11-13-19)23-20-8-4-2-6-17(20)14-18-7-3-5-9-21(18)23;2*1-3-2;/h2-14H,15H2,1H3,(H,24,25);3H2,1-2H3;3H,1H2,2H3;1H. The summed E-state index contributed by atoms with van der Waals surface area (Å²) < 4.78 is 0. The molecule has 3 heteroatoms. The van der Waals surface area contributed by atoms with Crippen molar-refractivity contribution in [3.8, 4) is 11.1 Å². The van der Waals surface area contributed by atoms with Crippen LogP contribution in [0.15, 0.2) is 91.5 Å². The van der Waals surface area contributed by atoms with Crippen LogP contribution in [0.5, 0.6) is 0 Å². The van der Waals surface area contributed by atoms with Crippen LogP contribution in [-0.4, -0.2) is 17.9 Å². The van der Waals surface area contributed by atoms with E-state index in [9.17, 15) is 4.79 Å². The largest absolute Gasteiger partial charge is 0.325 e. The van der Waals surface area contributed by atoms with E-state index in [1.165, 1.54) is 45.3 Å². The predicted octanol–water partition coefficient (Wildman–Crippen LogP) is 8.82. The maximum Gasteiger partial charge on any atom is 0.234 e. The average molecular weight is 446 g/mol. The topological polar surface area (TPSA) is 29.1 Å². The minimum Gasteiger partial charge on any atom is -0.325 e. The lowest BCUT2D eigenvalue weighted by Gasteiger charge is -2.13. The highest BCUT2D eigenvalue weighted by Gasteiger charge is 2.10. The van der Waals surface area contributed by atoms with Crippen LogP contribution in [0, 0.1) is 0 Å². The van der Waals surface area contributed by atoms with E-state index in [0.717, 1.165) is 11.3 Å².